The Labute approximate surface area is 80.1 Å². The highest BCUT2D eigenvalue weighted by molar-refractivity contribution is 7.98. The summed E-state index contributed by atoms with van der Waals surface area (Å²) in [6.07, 6.45) is 8.39. The molecule has 0 rings (SSSR count). The molecule has 1 unspecified atom stereocenters. The molecular formula is C9H19ClS. The Bertz CT molecular complexity index is 76.0. The molecule has 0 aliphatic heterocycles. The summed E-state index contributed by atoms with van der Waals surface area (Å²) in [4.78, 5) is 0. The molecule has 68 valence electrons. The Hall–Kier alpha value is 0.640. The van der Waals surface area contributed by atoms with E-state index in [2.05, 4.69) is 13.2 Å². The average molecular weight is 195 g/mol. The molecule has 0 heterocycles. The maximum absolute atomic E-state index is 6.05. The predicted molar refractivity (Wildman–Crippen MR) is 56.8 cm³/mol. The Morgan fingerprint density at radius 2 is 2.00 bits per heavy atom. The zero-order chi connectivity index (χ0) is 8.53. The highest BCUT2D eigenvalue weighted by Gasteiger charge is 2.01. The number of unbranched alkanes of at least 4 members (excludes halogenated alkanes) is 1. The summed E-state index contributed by atoms with van der Waals surface area (Å²) in [6, 6.07) is 0. The van der Waals surface area contributed by atoms with Gasteiger partial charge in [0.05, 0.1) is 0 Å². The minimum Gasteiger partial charge on any atom is -0.165 e. The van der Waals surface area contributed by atoms with Crippen LogP contribution in [0.15, 0.2) is 0 Å². The van der Waals surface area contributed by atoms with Gasteiger partial charge in [0.15, 0.2) is 0 Å². The molecule has 0 aromatic rings. The van der Waals surface area contributed by atoms with Crippen LogP contribution in [0.3, 0.4) is 0 Å². The molecule has 0 bridgehead atoms. The number of halogens is 1. The summed E-state index contributed by atoms with van der Waals surface area (Å²) >= 11 is 7.98. The zero-order valence-corrected chi connectivity index (χ0v) is 9.18. The lowest BCUT2D eigenvalue weighted by molar-refractivity contribution is 0.635. The van der Waals surface area contributed by atoms with Crippen molar-refractivity contribution < 1.29 is 0 Å². The van der Waals surface area contributed by atoms with E-state index in [-0.39, 0.29) is 0 Å². The normalized spacial score (nSPS) is 13.4. The van der Waals surface area contributed by atoms with E-state index in [4.69, 9.17) is 11.6 Å². The molecule has 0 spiro atoms. The molecule has 0 fully saturated rings. The van der Waals surface area contributed by atoms with E-state index in [1.54, 1.807) is 0 Å². The van der Waals surface area contributed by atoms with Gasteiger partial charge >= 0.3 is 0 Å². The van der Waals surface area contributed by atoms with Crippen molar-refractivity contribution in [1.82, 2.24) is 0 Å². The molecule has 2 heteroatoms. The highest BCUT2D eigenvalue weighted by atomic mass is 35.5. The summed E-state index contributed by atoms with van der Waals surface area (Å²) in [6.45, 7) is 2.19. The van der Waals surface area contributed by atoms with Gasteiger partial charge in [-0.05, 0) is 31.3 Å². The number of thioether (sulfide) groups is 1. The molecule has 0 saturated heterocycles. The first-order valence-corrected chi connectivity index (χ1v) is 6.27. The zero-order valence-electron chi connectivity index (χ0n) is 7.61. The van der Waals surface area contributed by atoms with E-state index in [1.807, 2.05) is 11.8 Å². The van der Waals surface area contributed by atoms with Gasteiger partial charge in [0, 0.05) is 5.38 Å². The third kappa shape index (κ3) is 8.55. The van der Waals surface area contributed by atoms with Crippen molar-refractivity contribution in [3.05, 3.63) is 0 Å². The molecule has 0 aliphatic carbocycles. The van der Waals surface area contributed by atoms with Gasteiger partial charge in [-0.1, -0.05) is 19.8 Å². The van der Waals surface area contributed by atoms with Crippen LogP contribution in [-0.2, 0) is 0 Å². The molecule has 0 aromatic heterocycles. The van der Waals surface area contributed by atoms with Gasteiger partial charge in [-0.2, -0.15) is 11.8 Å². The molecule has 0 N–H and O–H groups in total. The van der Waals surface area contributed by atoms with E-state index >= 15 is 0 Å². The summed E-state index contributed by atoms with van der Waals surface area (Å²) < 4.78 is 0. The van der Waals surface area contributed by atoms with Crippen LogP contribution in [0.2, 0.25) is 0 Å². The van der Waals surface area contributed by atoms with E-state index < -0.39 is 0 Å². The Balaban J connectivity index is 2.97. The summed E-state index contributed by atoms with van der Waals surface area (Å²) in [5, 5.41) is 0.432. The lowest BCUT2D eigenvalue weighted by atomic mass is 10.1. The van der Waals surface area contributed by atoms with Crippen LogP contribution < -0.4 is 0 Å². The van der Waals surface area contributed by atoms with Crippen LogP contribution in [0.25, 0.3) is 0 Å². The topological polar surface area (TPSA) is 0 Å². The van der Waals surface area contributed by atoms with Crippen LogP contribution in [0.4, 0.5) is 0 Å². The lowest BCUT2D eigenvalue weighted by Gasteiger charge is -2.06. The number of hydrogen-bond acceptors (Lipinski definition) is 1. The predicted octanol–water partition coefficient (Wildman–Crippen LogP) is 3.93. The Morgan fingerprint density at radius 1 is 1.27 bits per heavy atom. The van der Waals surface area contributed by atoms with E-state index in [1.165, 1.54) is 37.9 Å². The van der Waals surface area contributed by atoms with Gasteiger partial charge < -0.3 is 0 Å². The van der Waals surface area contributed by atoms with Crippen LogP contribution in [0.1, 0.15) is 39.0 Å². The maximum Gasteiger partial charge on any atom is 0.0336 e. The second kappa shape index (κ2) is 8.73. The molecule has 0 nitrogen and oxygen atoms in total. The number of rotatable bonds is 7. The van der Waals surface area contributed by atoms with Gasteiger partial charge in [0.25, 0.3) is 0 Å². The van der Waals surface area contributed by atoms with Crippen molar-refractivity contribution in [2.45, 2.75) is 44.4 Å². The smallest absolute Gasteiger partial charge is 0.0336 e. The third-order valence-corrected chi connectivity index (χ3v) is 2.85. The summed E-state index contributed by atoms with van der Waals surface area (Å²) in [7, 11) is 0. The molecule has 0 radical (unpaired) electrons. The minimum absolute atomic E-state index is 0.432. The largest absolute Gasteiger partial charge is 0.165 e. The third-order valence-electron chi connectivity index (χ3n) is 1.72. The van der Waals surface area contributed by atoms with Gasteiger partial charge in [-0.25, -0.2) is 0 Å². The second-order valence-electron chi connectivity index (χ2n) is 2.87. The molecule has 11 heavy (non-hydrogen) atoms. The number of hydrogen-bond donors (Lipinski definition) is 0. The van der Waals surface area contributed by atoms with Crippen molar-refractivity contribution in [2.75, 3.05) is 12.0 Å². The van der Waals surface area contributed by atoms with E-state index in [0.29, 0.717) is 5.38 Å². The fraction of sp³-hybridized carbons (Fsp3) is 1.00. The quantitative estimate of drug-likeness (QED) is 0.437. The van der Waals surface area contributed by atoms with Crippen molar-refractivity contribution >= 4 is 23.4 Å². The van der Waals surface area contributed by atoms with Gasteiger partial charge in [-0.3, -0.25) is 0 Å². The average Bonchev–Trinajstić information content (AvgIpc) is 1.99. The van der Waals surface area contributed by atoms with Crippen LogP contribution in [0, 0.1) is 0 Å². The molecule has 0 saturated carbocycles. The van der Waals surface area contributed by atoms with Crippen molar-refractivity contribution in [2.24, 2.45) is 0 Å². The molecular weight excluding hydrogens is 176 g/mol. The fourth-order valence-electron chi connectivity index (χ4n) is 1.07. The van der Waals surface area contributed by atoms with E-state index in [9.17, 15) is 0 Å². The van der Waals surface area contributed by atoms with Crippen molar-refractivity contribution in [3.8, 4) is 0 Å². The number of alkyl halides is 1. The molecule has 1 atom stereocenters. The monoisotopic (exact) mass is 194 g/mol. The highest BCUT2D eigenvalue weighted by Crippen LogP contribution is 2.13. The SMILES string of the molecule is CCCC(Cl)CCCCSC. The van der Waals surface area contributed by atoms with E-state index in [0.717, 1.165) is 0 Å². The fourth-order valence-corrected chi connectivity index (χ4v) is 1.94. The lowest BCUT2D eigenvalue weighted by Crippen LogP contribution is -1.97. The first-order valence-electron chi connectivity index (χ1n) is 4.44. The summed E-state index contributed by atoms with van der Waals surface area (Å²) in [5.41, 5.74) is 0. The van der Waals surface area contributed by atoms with Gasteiger partial charge in [0.2, 0.25) is 0 Å². The maximum atomic E-state index is 6.05. The minimum atomic E-state index is 0.432. The molecule has 0 amide bonds. The Kier molecular flexibility index (Phi) is 9.24. The molecule has 0 aliphatic rings. The second-order valence-corrected chi connectivity index (χ2v) is 4.48. The van der Waals surface area contributed by atoms with Gasteiger partial charge in [0.1, 0.15) is 0 Å². The van der Waals surface area contributed by atoms with Gasteiger partial charge in [-0.15, -0.1) is 11.6 Å². The van der Waals surface area contributed by atoms with Crippen LogP contribution in [0.5, 0.6) is 0 Å². The summed E-state index contributed by atoms with van der Waals surface area (Å²) in [5.74, 6) is 1.29. The van der Waals surface area contributed by atoms with Crippen molar-refractivity contribution in [3.63, 3.8) is 0 Å². The van der Waals surface area contributed by atoms with Crippen molar-refractivity contribution in [1.29, 1.82) is 0 Å². The standard InChI is InChI=1S/C9H19ClS/c1-3-6-9(10)7-4-5-8-11-2/h9H,3-8H2,1-2H3. The first-order chi connectivity index (χ1) is 5.31. The first kappa shape index (κ1) is 11.6. The molecule has 0 aromatic carbocycles. The Morgan fingerprint density at radius 3 is 2.55 bits per heavy atom. The van der Waals surface area contributed by atoms with Crippen LogP contribution >= 0.6 is 23.4 Å². The van der Waals surface area contributed by atoms with Crippen LogP contribution in [-0.4, -0.2) is 17.4 Å².